The van der Waals surface area contributed by atoms with Crippen LogP contribution in [-0.4, -0.2) is 317 Å². The summed E-state index contributed by atoms with van der Waals surface area (Å²) in [5, 5.41) is 60.2. The highest BCUT2D eigenvalue weighted by molar-refractivity contribution is 8.00. The van der Waals surface area contributed by atoms with Gasteiger partial charge in [-0.1, -0.05) is 102 Å². The molecule has 136 heavy (non-hydrogen) atoms. The molecule has 738 valence electrons. The number of aliphatic hydroxyl groups is 1. The fraction of sp³-hybridized carbons (Fsp3) is 0.527. The number of aromatic hydroxyl groups is 1. The molecule has 0 aliphatic carbocycles. The van der Waals surface area contributed by atoms with Crippen molar-refractivity contribution < 1.29 is 91.7 Å². The number of aliphatic hydroxyl groups excluding tert-OH is 1. The molecule has 3 fully saturated rings. The molecule has 3 aliphatic rings. The summed E-state index contributed by atoms with van der Waals surface area (Å²) in [5.41, 5.74) is 26.3. The van der Waals surface area contributed by atoms with Crippen molar-refractivity contribution in [2.45, 2.75) is 234 Å². The number of aromatic nitrogens is 4. The maximum Gasteiger partial charge on any atom is 0.246 e. The molecule has 25 N–H and O–H groups in total. The first kappa shape index (κ1) is 106. The van der Waals surface area contributed by atoms with Crippen LogP contribution in [0.5, 0.6) is 5.75 Å². The summed E-state index contributed by atoms with van der Waals surface area (Å²) in [6.07, 6.45) is 3.94. The second kappa shape index (κ2) is 50.6. The molecule has 17 amide bonds. The highest BCUT2D eigenvalue weighted by Crippen LogP contribution is 2.28. The fourth-order valence-corrected chi connectivity index (χ4v) is 17.7. The highest BCUT2D eigenvalue weighted by atomic mass is 32.2. The first-order valence-corrected chi connectivity index (χ1v) is 46.8. The highest BCUT2D eigenvalue weighted by Gasteiger charge is 2.47. The zero-order chi connectivity index (χ0) is 99.3. The van der Waals surface area contributed by atoms with Crippen molar-refractivity contribution in [2.75, 3.05) is 65.4 Å². The van der Waals surface area contributed by atoms with Crippen molar-refractivity contribution in [3.05, 3.63) is 120 Å². The first-order valence-electron chi connectivity index (χ1n) is 45.7. The van der Waals surface area contributed by atoms with Crippen LogP contribution in [0.15, 0.2) is 97.7 Å². The van der Waals surface area contributed by atoms with E-state index in [0.29, 0.717) is 69.9 Å². The van der Waals surface area contributed by atoms with Crippen LogP contribution in [-0.2, 0) is 107 Å². The van der Waals surface area contributed by atoms with E-state index in [1.54, 1.807) is 74.8 Å². The fourth-order valence-electron chi connectivity index (χ4n) is 16.8. The zero-order valence-corrected chi connectivity index (χ0v) is 78.5. The zero-order valence-electron chi connectivity index (χ0n) is 77.7. The summed E-state index contributed by atoms with van der Waals surface area (Å²) < 4.78 is 0. The van der Waals surface area contributed by atoms with Crippen molar-refractivity contribution >= 4 is 140 Å². The van der Waals surface area contributed by atoms with Gasteiger partial charge in [0.2, 0.25) is 100 Å². The predicted molar refractivity (Wildman–Crippen MR) is 502 cm³/mol. The Hall–Kier alpha value is -13.7. The summed E-state index contributed by atoms with van der Waals surface area (Å²) >= 11 is 0.765. The normalized spacial score (nSPS) is 24.7. The van der Waals surface area contributed by atoms with Crippen LogP contribution < -0.4 is 81.4 Å². The number of hydrogen-bond donors (Lipinski definition) is 21. The monoisotopic (exact) mass is 1910 g/mol. The van der Waals surface area contributed by atoms with Gasteiger partial charge in [-0.15, -0.1) is 11.8 Å². The number of para-hydroxylation sites is 2. The number of nitrogens with one attached hydrogen (secondary N) is 15. The number of guanidine groups is 1. The van der Waals surface area contributed by atoms with Crippen molar-refractivity contribution in [3.63, 3.8) is 0 Å². The number of nitrogens with zero attached hydrogens (tertiary/aromatic N) is 6. The molecule has 6 heterocycles. The van der Waals surface area contributed by atoms with E-state index >= 15 is 38.4 Å². The third kappa shape index (κ3) is 29.4. The Bertz CT molecular complexity index is 5250. The Morgan fingerprint density at radius 1 is 0.551 bits per heavy atom. The second-order valence-corrected chi connectivity index (χ2v) is 36.1. The van der Waals surface area contributed by atoms with E-state index < -0.39 is 235 Å². The largest absolute Gasteiger partial charge is 0.508 e. The quantitative estimate of drug-likeness (QED) is 0.0147. The molecule has 3 aromatic carbocycles. The van der Waals surface area contributed by atoms with Gasteiger partial charge in [0.25, 0.3) is 0 Å². The molecule has 0 spiro atoms. The maximum absolute atomic E-state index is 15.8. The Morgan fingerprint density at radius 2 is 1.09 bits per heavy atom. The Labute approximate surface area is 790 Å². The van der Waals surface area contributed by atoms with Crippen molar-refractivity contribution in [2.24, 2.45) is 28.9 Å². The number of benzene rings is 3. The number of carbonyl (C=O) groups is 17. The summed E-state index contributed by atoms with van der Waals surface area (Å²) in [7, 11) is 3.94. The van der Waals surface area contributed by atoms with Gasteiger partial charge in [-0.3, -0.25) is 86.9 Å². The van der Waals surface area contributed by atoms with Gasteiger partial charge in [-0.25, -0.2) is 4.98 Å². The van der Waals surface area contributed by atoms with Crippen LogP contribution in [0.25, 0.3) is 21.8 Å². The van der Waals surface area contributed by atoms with Crippen molar-refractivity contribution in [1.29, 1.82) is 5.41 Å². The molecule has 3 aliphatic heterocycles. The summed E-state index contributed by atoms with van der Waals surface area (Å²) in [5.74, 6) is -17.7. The van der Waals surface area contributed by atoms with Gasteiger partial charge in [0.05, 0.1) is 31.1 Å². The molecule has 0 saturated carbocycles. The van der Waals surface area contributed by atoms with Gasteiger partial charge in [0, 0.05) is 131 Å². The van der Waals surface area contributed by atoms with Crippen LogP contribution >= 0.6 is 11.8 Å². The van der Waals surface area contributed by atoms with E-state index in [1.165, 1.54) is 69.8 Å². The minimum Gasteiger partial charge on any atom is -0.508 e. The molecule has 44 nitrogen and oxygen atoms in total. The molecule has 45 heteroatoms. The van der Waals surface area contributed by atoms with Crippen molar-refractivity contribution in [1.82, 2.24) is 103 Å². The van der Waals surface area contributed by atoms with Crippen LogP contribution in [0.2, 0.25) is 0 Å². The van der Waals surface area contributed by atoms with Crippen LogP contribution in [0.1, 0.15) is 140 Å². The molecular weight excluding hydrogens is 1780 g/mol. The number of carbonyl (C=O) groups excluding carboxylic acids is 17. The van der Waals surface area contributed by atoms with Crippen LogP contribution in [0.3, 0.4) is 0 Å². The summed E-state index contributed by atoms with van der Waals surface area (Å²) in [6, 6.07) is -1.69. The molecule has 9 rings (SSSR count). The molecule has 0 unspecified atom stereocenters. The van der Waals surface area contributed by atoms with E-state index in [-0.39, 0.29) is 102 Å². The average Bonchev–Trinajstić information content (AvgIpc) is 1.53. The number of thioether (sulfide) groups is 1. The van der Waals surface area contributed by atoms with E-state index in [9.17, 15) is 53.4 Å². The molecule has 15 atom stereocenters. The van der Waals surface area contributed by atoms with Crippen molar-refractivity contribution in [3.8, 4) is 5.75 Å². The lowest BCUT2D eigenvalue weighted by Crippen LogP contribution is -2.62. The molecule has 0 bridgehead atoms. The Balaban J connectivity index is 1.10. The number of nitrogens with two attached hydrogens (primary N) is 4. The third-order valence-corrected chi connectivity index (χ3v) is 25.4. The lowest BCUT2D eigenvalue weighted by molar-refractivity contribution is -0.149. The van der Waals surface area contributed by atoms with Gasteiger partial charge < -0.3 is 131 Å². The lowest BCUT2D eigenvalue weighted by Gasteiger charge is -2.36. The van der Waals surface area contributed by atoms with E-state index in [1.807, 2.05) is 13.8 Å². The minimum absolute atomic E-state index is 0.00685. The SMILES string of the molecule is CCCC[C@H]1C(=O)N(C)[C@@H](CCCC)C(=O)N[C@@H](CCCNC(=N)N)C(=O)N[C@H](C(=O)NCC(N)=O)CSCC(=O)N[C@@H](Cc2ccc(O)cc2)C(=O)N(C)[C@@H](C)C(=O)N[C@@H](CC(N)=O)C(=O)N2CCC[C@H]2C(=O)N[C@@H](Cc2cnc[nH]2)C(=O)N[C@@H](CC(C)C)C(=O)N2C[C@H](O)C[C@H]2C(=O)N[C@@H](Cc2c[nH]c3ccccc23)C(=O)N[C@@H](CN)C(=O)N[C@@H](Cc2c[nH]c3ccccc23)C(=O)N1C. The number of amides is 17. The average molecular weight is 1910 g/mol. The lowest BCUT2D eigenvalue weighted by atomic mass is 10.00. The topological polar surface area (TPSA) is 667 Å². The number of phenolic OH excluding ortho intramolecular Hbond substituents is 1. The number of H-pyrrole nitrogens is 3. The standard InChI is InChI=1S/C91H129N25O19S/c1-9-11-24-70-83(128)104-61(23-17-31-98-91(95)96)79(124)111-69(78(123)101-44-75(94)120)46-136-47-76(121)103-65(34-51-27-29-55(117)30-28-51)86(131)112(6)50(5)77(122)107-67(39-74(93)119)88(133)115-32-18-26-71(115)84(129)106-63(37-54-43-97-48-102-54)81(126)108-64(33-49(3)4)89(134)116-45-56(118)38-73(116)85(130)105-62(35-52-41-99-59-21-15-13-19-57(52)59)80(125)110-68(40-92)82(127)109-66(36-53-42-100-60-22-16-14-20-58(53)60)87(132)114(8)72(25-12-10-2)90(135)113(70)7/h13-16,19-22,27-30,41-43,48-50,56,61-73,99-100,117-118H,9-12,17-18,23-26,31-40,44-47,92H2,1-8H3,(H2,93,119)(H2,94,120)(H,97,102)(H,101,123)(H,103,121)(H,104,128)(H,105,130)(H,106,129)(H,107,122)(H,108,126)(H,109,127)(H,110,125)(H,111,124)(H4,95,96,98)/t50-,56+,61-,62-,63-,64-,65-,66-,67-,68-,69-,70-,71-,72-,73-/m0/s1. The maximum atomic E-state index is 15.8. The van der Waals surface area contributed by atoms with E-state index in [2.05, 4.69) is 78.4 Å². The number of likely N-dealkylation sites (N-methyl/N-ethyl adjacent to an activating group) is 3. The number of imidazole rings is 1. The van der Waals surface area contributed by atoms with Gasteiger partial charge in [-0.05, 0) is 98.7 Å². The smallest absolute Gasteiger partial charge is 0.246 e. The number of fused-ring (bicyclic) bond motifs is 4. The molecule has 3 aromatic heterocycles. The van der Waals surface area contributed by atoms with Gasteiger partial charge in [-0.2, -0.15) is 0 Å². The Kier molecular flexibility index (Phi) is 39.4. The number of unbranched alkanes of at least 4 members (excludes halogenated alkanes) is 2. The molecule has 6 aromatic rings. The molecule has 0 radical (unpaired) electrons. The van der Waals surface area contributed by atoms with E-state index in [0.717, 1.165) is 31.4 Å². The van der Waals surface area contributed by atoms with Crippen LogP contribution in [0.4, 0.5) is 0 Å². The molecular formula is C91H129N25O19S. The number of aromatic amines is 3. The second-order valence-electron chi connectivity index (χ2n) is 35.0. The number of primary amides is 2. The predicted octanol–water partition coefficient (Wildman–Crippen LogP) is -2.96. The number of rotatable bonds is 26. The summed E-state index contributed by atoms with van der Waals surface area (Å²) in [4.78, 5) is 270. The Morgan fingerprint density at radius 3 is 1.68 bits per heavy atom. The van der Waals surface area contributed by atoms with Gasteiger partial charge in [0.15, 0.2) is 5.96 Å². The first-order chi connectivity index (χ1) is 64.8. The van der Waals surface area contributed by atoms with Gasteiger partial charge >= 0.3 is 0 Å². The summed E-state index contributed by atoms with van der Waals surface area (Å²) in [6.45, 7) is 6.57. The molecule has 3 saturated heterocycles. The third-order valence-electron chi connectivity index (χ3n) is 24.4. The van der Waals surface area contributed by atoms with Gasteiger partial charge in [0.1, 0.15) is 90.3 Å². The number of phenols is 1. The van der Waals surface area contributed by atoms with E-state index in [4.69, 9.17) is 28.3 Å². The minimum atomic E-state index is -1.78. The number of hydrogen-bond acceptors (Lipinski definition) is 23. The van der Waals surface area contributed by atoms with Crippen LogP contribution in [0, 0.1) is 11.3 Å².